The SMILES string of the molecule is CCN1CCN(c2ccccc2NC(=O)C(C)NC(=O)c2cccs2)CC1. The summed E-state index contributed by atoms with van der Waals surface area (Å²) in [7, 11) is 0. The number of hydrogen-bond donors (Lipinski definition) is 2. The first-order chi connectivity index (χ1) is 13.1. The predicted octanol–water partition coefficient (Wildman–Crippen LogP) is 2.65. The number of amides is 2. The molecule has 144 valence electrons. The number of thiophene rings is 1. The lowest BCUT2D eigenvalue weighted by molar-refractivity contribution is -0.117. The van der Waals surface area contributed by atoms with Crippen molar-refractivity contribution in [1.82, 2.24) is 10.2 Å². The summed E-state index contributed by atoms with van der Waals surface area (Å²) in [6.45, 7) is 8.85. The van der Waals surface area contributed by atoms with Gasteiger partial charge in [-0.05, 0) is 37.0 Å². The van der Waals surface area contributed by atoms with E-state index >= 15 is 0 Å². The first-order valence-electron chi connectivity index (χ1n) is 9.30. The zero-order valence-corrected chi connectivity index (χ0v) is 16.6. The smallest absolute Gasteiger partial charge is 0.261 e. The van der Waals surface area contributed by atoms with Gasteiger partial charge in [0.25, 0.3) is 5.91 Å². The monoisotopic (exact) mass is 386 g/mol. The molecule has 1 aliphatic rings. The number of likely N-dealkylation sites (N-methyl/N-ethyl adjacent to an activating group) is 1. The molecule has 2 amide bonds. The Morgan fingerprint density at radius 1 is 1.11 bits per heavy atom. The summed E-state index contributed by atoms with van der Waals surface area (Å²) in [5.41, 5.74) is 1.81. The number of anilines is 2. The number of benzene rings is 1. The molecule has 7 heteroatoms. The fourth-order valence-electron chi connectivity index (χ4n) is 3.14. The van der Waals surface area contributed by atoms with Crippen LogP contribution in [-0.4, -0.2) is 55.5 Å². The number of carbonyl (C=O) groups is 2. The van der Waals surface area contributed by atoms with Gasteiger partial charge >= 0.3 is 0 Å². The first-order valence-corrected chi connectivity index (χ1v) is 10.2. The van der Waals surface area contributed by atoms with E-state index in [1.54, 1.807) is 13.0 Å². The van der Waals surface area contributed by atoms with Crippen LogP contribution in [0.5, 0.6) is 0 Å². The van der Waals surface area contributed by atoms with Crippen molar-refractivity contribution in [2.75, 3.05) is 42.9 Å². The Morgan fingerprint density at radius 3 is 2.52 bits per heavy atom. The number of para-hydroxylation sites is 2. The maximum Gasteiger partial charge on any atom is 0.261 e. The van der Waals surface area contributed by atoms with Crippen molar-refractivity contribution in [3.05, 3.63) is 46.7 Å². The van der Waals surface area contributed by atoms with E-state index < -0.39 is 6.04 Å². The van der Waals surface area contributed by atoms with E-state index in [1.807, 2.05) is 35.7 Å². The summed E-state index contributed by atoms with van der Waals surface area (Å²) < 4.78 is 0. The molecule has 0 radical (unpaired) electrons. The molecular formula is C20H26N4O2S. The Morgan fingerprint density at radius 2 is 1.85 bits per heavy atom. The fourth-order valence-corrected chi connectivity index (χ4v) is 3.77. The number of nitrogens with zero attached hydrogens (tertiary/aromatic N) is 2. The van der Waals surface area contributed by atoms with Crippen LogP contribution in [0.1, 0.15) is 23.5 Å². The molecule has 3 rings (SSSR count). The average molecular weight is 387 g/mol. The van der Waals surface area contributed by atoms with Crippen LogP contribution in [0.2, 0.25) is 0 Å². The number of nitrogens with one attached hydrogen (secondary N) is 2. The zero-order valence-electron chi connectivity index (χ0n) is 15.8. The second-order valence-corrected chi connectivity index (χ2v) is 7.55. The largest absolute Gasteiger partial charge is 0.367 e. The Bertz CT molecular complexity index is 770. The highest BCUT2D eigenvalue weighted by atomic mass is 32.1. The van der Waals surface area contributed by atoms with Gasteiger partial charge in [0.1, 0.15) is 6.04 Å². The van der Waals surface area contributed by atoms with Crippen molar-refractivity contribution < 1.29 is 9.59 Å². The van der Waals surface area contributed by atoms with Gasteiger partial charge in [-0.25, -0.2) is 0 Å². The summed E-state index contributed by atoms with van der Waals surface area (Å²) in [5, 5.41) is 7.57. The third kappa shape index (κ3) is 4.87. The van der Waals surface area contributed by atoms with Gasteiger partial charge in [0.2, 0.25) is 5.91 Å². The summed E-state index contributed by atoms with van der Waals surface area (Å²) >= 11 is 1.36. The van der Waals surface area contributed by atoms with E-state index in [2.05, 4.69) is 27.4 Å². The lowest BCUT2D eigenvalue weighted by atomic mass is 10.2. The minimum absolute atomic E-state index is 0.223. The Balaban J connectivity index is 1.63. The molecule has 0 spiro atoms. The van der Waals surface area contributed by atoms with Gasteiger partial charge in [-0.3, -0.25) is 9.59 Å². The number of hydrogen-bond acceptors (Lipinski definition) is 5. The van der Waals surface area contributed by atoms with Crippen LogP contribution in [0.25, 0.3) is 0 Å². The number of rotatable bonds is 6. The molecule has 2 heterocycles. The van der Waals surface area contributed by atoms with E-state index in [0.29, 0.717) is 4.88 Å². The van der Waals surface area contributed by atoms with Crippen LogP contribution in [0.15, 0.2) is 41.8 Å². The fraction of sp³-hybridized carbons (Fsp3) is 0.400. The van der Waals surface area contributed by atoms with Crippen molar-refractivity contribution in [2.24, 2.45) is 0 Å². The molecule has 1 aromatic heterocycles. The normalized spacial score (nSPS) is 16.0. The van der Waals surface area contributed by atoms with Crippen molar-refractivity contribution in [3.63, 3.8) is 0 Å². The highest BCUT2D eigenvalue weighted by Crippen LogP contribution is 2.26. The highest BCUT2D eigenvalue weighted by Gasteiger charge is 2.21. The minimum Gasteiger partial charge on any atom is -0.367 e. The van der Waals surface area contributed by atoms with Crippen LogP contribution in [0.4, 0.5) is 11.4 Å². The highest BCUT2D eigenvalue weighted by molar-refractivity contribution is 7.12. The third-order valence-electron chi connectivity index (χ3n) is 4.81. The molecule has 2 aromatic rings. The van der Waals surface area contributed by atoms with Crippen LogP contribution >= 0.6 is 11.3 Å². The topological polar surface area (TPSA) is 64.7 Å². The second-order valence-electron chi connectivity index (χ2n) is 6.60. The van der Waals surface area contributed by atoms with Crippen molar-refractivity contribution in [3.8, 4) is 0 Å². The second kappa shape index (κ2) is 9.01. The molecule has 0 aliphatic carbocycles. The number of carbonyl (C=O) groups excluding carboxylic acids is 2. The van der Waals surface area contributed by atoms with Gasteiger partial charge in [-0.2, -0.15) is 0 Å². The average Bonchev–Trinajstić information content (AvgIpc) is 3.23. The Labute approximate surface area is 164 Å². The van der Waals surface area contributed by atoms with Crippen LogP contribution in [-0.2, 0) is 4.79 Å². The van der Waals surface area contributed by atoms with Gasteiger partial charge < -0.3 is 20.4 Å². The molecule has 0 bridgehead atoms. The molecule has 6 nitrogen and oxygen atoms in total. The first kappa shape index (κ1) is 19.4. The molecule has 27 heavy (non-hydrogen) atoms. The third-order valence-corrected chi connectivity index (χ3v) is 5.68. The summed E-state index contributed by atoms with van der Waals surface area (Å²) in [5.74, 6) is -0.448. The van der Waals surface area contributed by atoms with E-state index in [9.17, 15) is 9.59 Å². The van der Waals surface area contributed by atoms with E-state index in [1.165, 1.54) is 11.3 Å². The van der Waals surface area contributed by atoms with Gasteiger partial charge in [0.15, 0.2) is 0 Å². The lowest BCUT2D eigenvalue weighted by Crippen LogP contribution is -2.46. The molecule has 1 aliphatic heterocycles. The molecule has 1 atom stereocenters. The molecule has 2 N–H and O–H groups in total. The molecule has 0 saturated carbocycles. The quantitative estimate of drug-likeness (QED) is 0.801. The molecule has 1 aromatic carbocycles. The molecular weight excluding hydrogens is 360 g/mol. The van der Waals surface area contributed by atoms with E-state index in [-0.39, 0.29) is 11.8 Å². The Kier molecular flexibility index (Phi) is 6.47. The van der Waals surface area contributed by atoms with Gasteiger partial charge in [-0.15, -0.1) is 11.3 Å². The standard InChI is InChI=1S/C20H26N4O2S/c1-3-23-10-12-24(13-11-23)17-8-5-4-7-16(17)22-19(25)15(2)21-20(26)18-9-6-14-27-18/h4-9,14-15H,3,10-13H2,1-2H3,(H,21,26)(H,22,25). The van der Waals surface area contributed by atoms with E-state index in [0.717, 1.165) is 44.1 Å². The van der Waals surface area contributed by atoms with Gasteiger partial charge in [-0.1, -0.05) is 25.1 Å². The molecule has 1 unspecified atom stereocenters. The van der Waals surface area contributed by atoms with Crippen LogP contribution in [0.3, 0.4) is 0 Å². The maximum absolute atomic E-state index is 12.6. The minimum atomic E-state index is -0.621. The van der Waals surface area contributed by atoms with Gasteiger partial charge in [0, 0.05) is 26.2 Å². The summed E-state index contributed by atoms with van der Waals surface area (Å²) in [6, 6.07) is 10.8. The van der Waals surface area contributed by atoms with Crippen molar-refractivity contribution >= 4 is 34.5 Å². The lowest BCUT2D eigenvalue weighted by Gasteiger charge is -2.36. The van der Waals surface area contributed by atoms with Crippen LogP contribution in [0, 0.1) is 0 Å². The van der Waals surface area contributed by atoms with Gasteiger partial charge in [0.05, 0.1) is 16.3 Å². The summed E-state index contributed by atoms with van der Waals surface area (Å²) in [6.07, 6.45) is 0. The number of piperazine rings is 1. The summed E-state index contributed by atoms with van der Waals surface area (Å²) in [4.78, 5) is 30.1. The van der Waals surface area contributed by atoms with Crippen molar-refractivity contribution in [2.45, 2.75) is 19.9 Å². The maximum atomic E-state index is 12.6. The molecule has 1 fully saturated rings. The van der Waals surface area contributed by atoms with Crippen molar-refractivity contribution in [1.29, 1.82) is 0 Å². The zero-order chi connectivity index (χ0) is 19.2. The van der Waals surface area contributed by atoms with Crippen LogP contribution < -0.4 is 15.5 Å². The van der Waals surface area contributed by atoms with E-state index in [4.69, 9.17) is 0 Å². The predicted molar refractivity (Wildman–Crippen MR) is 111 cm³/mol. The molecule has 1 saturated heterocycles. The Hall–Kier alpha value is -2.38.